The van der Waals surface area contributed by atoms with Crippen LogP contribution in [0.15, 0.2) is 12.2 Å². The Balaban J connectivity index is 1.62. The van der Waals surface area contributed by atoms with Crippen molar-refractivity contribution < 1.29 is 23.9 Å². The summed E-state index contributed by atoms with van der Waals surface area (Å²) >= 11 is 0. The highest BCUT2D eigenvalue weighted by Crippen LogP contribution is 2.42. The number of carbonyl (C=O) groups excluding carboxylic acids is 3. The lowest BCUT2D eigenvalue weighted by Gasteiger charge is -2.54. The molecule has 35 heavy (non-hydrogen) atoms. The van der Waals surface area contributed by atoms with E-state index in [0.29, 0.717) is 32.1 Å². The molecule has 1 aliphatic carbocycles. The van der Waals surface area contributed by atoms with Crippen molar-refractivity contribution in [3.05, 3.63) is 12.2 Å². The molecule has 198 valence electrons. The van der Waals surface area contributed by atoms with Gasteiger partial charge in [0.15, 0.2) is 0 Å². The highest BCUT2D eigenvalue weighted by molar-refractivity contribution is 5.86. The molecule has 1 spiro atoms. The summed E-state index contributed by atoms with van der Waals surface area (Å²) < 4.78 is 11.0. The van der Waals surface area contributed by atoms with Gasteiger partial charge in [0.1, 0.15) is 17.2 Å². The molecule has 2 aliphatic heterocycles. The molecule has 1 saturated carbocycles. The van der Waals surface area contributed by atoms with Gasteiger partial charge >= 0.3 is 12.2 Å². The second-order valence-electron chi connectivity index (χ2n) is 12.9. The van der Waals surface area contributed by atoms with E-state index in [0.717, 1.165) is 37.7 Å². The SMILES string of the molecule is C=C1CC(C)CC[C@H]1[C@H](NC(=O)OC(C)(C)C)C(=O)N1CCC2(CC1)CN(C(=O)OC(C)(C)C)C2. The molecule has 8 heteroatoms. The van der Waals surface area contributed by atoms with Crippen molar-refractivity contribution in [2.45, 2.75) is 97.8 Å². The van der Waals surface area contributed by atoms with E-state index in [2.05, 4.69) is 18.8 Å². The third-order valence-corrected chi connectivity index (χ3v) is 7.29. The number of hydrogen-bond acceptors (Lipinski definition) is 5. The summed E-state index contributed by atoms with van der Waals surface area (Å²) in [4.78, 5) is 42.3. The van der Waals surface area contributed by atoms with Crippen molar-refractivity contribution >= 4 is 18.1 Å². The number of likely N-dealkylation sites (tertiary alicyclic amines) is 2. The van der Waals surface area contributed by atoms with Gasteiger partial charge in [-0.25, -0.2) is 9.59 Å². The maximum absolute atomic E-state index is 13.7. The van der Waals surface area contributed by atoms with Gasteiger partial charge in [0.05, 0.1) is 0 Å². The van der Waals surface area contributed by atoms with Gasteiger partial charge in [0.2, 0.25) is 5.91 Å². The Morgan fingerprint density at radius 2 is 1.54 bits per heavy atom. The Bertz CT molecular complexity index is 825. The lowest BCUT2D eigenvalue weighted by atomic mass is 9.71. The number of ether oxygens (including phenoxy) is 2. The van der Waals surface area contributed by atoms with Crippen LogP contribution in [0.3, 0.4) is 0 Å². The number of nitrogens with one attached hydrogen (secondary N) is 1. The number of piperidine rings is 1. The fourth-order valence-corrected chi connectivity index (χ4v) is 5.47. The Labute approximate surface area is 210 Å². The van der Waals surface area contributed by atoms with Crippen LogP contribution in [0, 0.1) is 17.3 Å². The molecule has 8 nitrogen and oxygen atoms in total. The summed E-state index contributed by atoms with van der Waals surface area (Å²) in [6, 6.07) is -0.668. The van der Waals surface area contributed by atoms with Crippen molar-refractivity contribution in [2.75, 3.05) is 26.2 Å². The fourth-order valence-electron chi connectivity index (χ4n) is 5.47. The number of hydrogen-bond donors (Lipinski definition) is 1. The van der Waals surface area contributed by atoms with E-state index >= 15 is 0 Å². The molecule has 0 bridgehead atoms. The summed E-state index contributed by atoms with van der Waals surface area (Å²) in [6.45, 7) is 20.1. The molecule has 2 saturated heterocycles. The topological polar surface area (TPSA) is 88.2 Å². The van der Waals surface area contributed by atoms with Crippen molar-refractivity contribution in [1.29, 1.82) is 0 Å². The number of nitrogens with zero attached hydrogens (tertiary/aromatic N) is 2. The molecule has 1 unspecified atom stereocenters. The molecule has 3 aliphatic rings. The monoisotopic (exact) mass is 491 g/mol. The van der Waals surface area contributed by atoms with Gasteiger partial charge in [-0.05, 0) is 79.6 Å². The number of rotatable bonds is 3. The van der Waals surface area contributed by atoms with Crippen LogP contribution in [-0.2, 0) is 14.3 Å². The Kier molecular flexibility index (Phi) is 7.82. The van der Waals surface area contributed by atoms with Crippen molar-refractivity contribution in [3.63, 3.8) is 0 Å². The molecule has 3 fully saturated rings. The maximum Gasteiger partial charge on any atom is 0.410 e. The van der Waals surface area contributed by atoms with Gasteiger partial charge in [0, 0.05) is 37.5 Å². The molecule has 0 aromatic heterocycles. The fraction of sp³-hybridized carbons (Fsp3) is 0.815. The maximum atomic E-state index is 13.7. The highest BCUT2D eigenvalue weighted by atomic mass is 16.6. The molecule has 0 aromatic rings. The Morgan fingerprint density at radius 1 is 0.971 bits per heavy atom. The zero-order valence-corrected chi connectivity index (χ0v) is 22.7. The van der Waals surface area contributed by atoms with Crippen molar-refractivity contribution in [1.82, 2.24) is 15.1 Å². The first-order valence-corrected chi connectivity index (χ1v) is 13.0. The molecular formula is C27H45N3O5. The first kappa shape index (κ1) is 27.3. The van der Waals surface area contributed by atoms with Crippen LogP contribution in [0.4, 0.5) is 9.59 Å². The number of amides is 3. The van der Waals surface area contributed by atoms with Crippen LogP contribution in [0.25, 0.3) is 0 Å². The zero-order chi connectivity index (χ0) is 26.2. The second-order valence-corrected chi connectivity index (χ2v) is 12.9. The minimum atomic E-state index is -0.668. The molecule has 1 N–H and O–H groups in total. The van der Waals surface area contributed by atoms with Crippen LogP contribution in [-0.4, -0.2) is 71.3 Å². The van der Waals surface area contributed by atoms with Crippen LogP contribution >= 0.6 is 0 Å². The molecular weight excluding hydrogens is 446 g/mol. The summed E-state index contributed by atoms with van der Waals surface area (Å²) in [5.74, 6) is 0.389. The number of alkyl carbamates (subject to hydrolysis) is 1. The minimum Gasteiger partial charge on any atom is -0.444 e. The molecule has 3 rings (SSSR count). The molecule has 2 heterocycles. The second kappa shape index (κ2) is 10.0. The zero-order valence-electron chi connectivity index (χ0n) is 22.7. The third-order valence-electron chi connectivity index (χ3n) is 7.29. The average Bonchev–Trinajstić information content (AvgIpc) is 2.67. The number of carbonyl (C=O) groups is 3. The standard InChI is InChI=1S/C27H45N3O5/c1-18-9-10-20(19(2)15-18)21(28-23(32)34-25(3,4)5)22(31)29-13-11-27(12-14-29)16-30(17-27)24(33)35-26(6,7)8/h18,20-21H,2,9-17H2,1,3-8H3,(H,28,32)/t18?,20-,21+/m1/s1. The lowest BCUT2D eigenvalue weighted by Crippen LogP contribution is -2.64. The average molecular weight is 492 g/mol. The van der Waals surface area contributed by atoms with Gasteiger partial charge in [-0.3, -0.25) is 4.79 Å². The molecule has 0 aromatic carbocycles. The van der Waals surface area contributed by atoms with Gasteiger partial charge < -0.3 is 24.6 Å². The van der Waals surface area contributed by atoms with E-state index in [1.807, 2.05) is 46.4 Å². The Morgan fingerprint density at radius 3 is 2.06 bits per heavy atom. The summed E-state index contributed by atoms with van der Waals surface area (Å²) in [5.41, 5.74) is -0.0748. The third kappa shape index (κ3) is 7.14. The van der Waals surface area contributed by atoms with Crippen molar-refractivity contribution in [3.8, 4) is 0 Å². The summed E-state index contributed by atoms with van der Waals surface area (Å²) in [6.07, 6.45) is 3.53. The normalized spacial score (nSPS) is 25.5. The largest absolute Gasteiger partial charge is 0.444 e. The van der Waals surface area contributed by atoms with E-state index in [1.165, 1.54) is 0 Å². The van der Waals surface area contributed by atoms with E-state index < -0.39 is 23.3 Å². The smallest absolute Gasteiger partial charge is 0.410 e. The Hall–Kier alpha value is -2.25. The van der Waals surface area contributed by atoms with E-state index in [1.54, 1.807) is 4.90 Å². The molecule has 0 radical (unpaired) electrons. The van der Waals surface area contributed by atoms with Crippen LogP contribution in [0.5, 0.6) is 0 Å². The molecule has 3 atom stereocenters. The van der Waals surface area contributed by atoms with Gasteiger partial charge in [-0.1, -0.05) is 19.1 Å². The predicted octanol–water partition coefficient (Wildman–Crippen LogP) is 4.73. The predicted molar refractivity (Wildman–Crippen MR) is 135 cm³/mol. The first-order valence-electron chi connectivity index (χ1n) is 13.0. The first-order chi connectivity index (χ1) is 16.1. The van der Waals surface area contributed by atoms with Crippen molar-refractivity contribution in [2.24, 2.45) is 17.3 Å². The van der Waals surface area contributed by atoms with E-state index in [-0.39, 0.29) is 23.3 Å². The van der Waals surface area contributed by atoms with Gasteiger partial charge in [-0.2, -0.15) is 0 Å². The summed E-state index contributed by atoms with van der Waals surface area (Å²) in [7, 11) is 0. The summed E-state index contributed by atoms with van der Waals surface area (Å²) in [5, 5.41) is 2.90. The van der Waals surface area contributed by atoms with E-state index in [4.69, 9.17) is 9.47 Å². The highest BCUT2D eigenvalue weighted by Gasteiger charge is 2.49. The van der Waals surface area contributed by atoms with Crippen LogP contribution < -0.4 is 5.32 Å². The lowest BCUT2D eigenvalue weighted by molar-refractivity contribution is -0.139. The minimum absolute atomic E-state index is 0.0473. The van der Waals surface area contributed by atoms with Gasteiger partial charge in [-0.15, -0.1) is 0 Å². The van der Waals surface area contributed by atoms with E-state index in [9.17, 15) is 14.4 Å². The van der Waals surface area contributed by atoms with Crippen LogP contribution in [0.1, 0.15) is 80.6 Å². The van der Waals surface area contributed by atoms with Gasteiger partial charge in [0.25, 0.3) is 0 Å². The molecule has 3 amide bonds. The quantitative estimate of drug-likeness (QED) is 0.577. The van der Waals surface area contributed by atoms with Crippen LogP contribution in [0.2, 0.25) is 0 Å².